The molecule has 2 aromatic carbocycles. The van der Waals surface area contributed by atoms with Crippen LogP contribution in [-0.2, 0) is 4.79 Å². The number of ether oxygens (including phenoxy) is 1. The minimum absolute atomic E-state index is 0.143. The minimum atomic E-state index is 0.143. The molecule has 2 unspecified atom stereocenters. The van der Waals surface area contributed by atoms with Gasteiger partial charge in [0.15, 0.2) is 0 Å². The first-order chi connectivity index (χ1) is 16.6. The van der Waals surface area contributed by atoms with Crippen molar-refractivity contribution in [1.82, 2.24) is 4.90 Å². The van der Waals surface area contributed by atoms with E-state index in [2.05, 4.69) is 23.1 Å². The highest BCUT2D eigenvalue weighted by Crippen LogP contribution is 2.41. The molecular formula is C30H35NO3. The molecule has 2 fully saturated rings. The van der Waals surface area contributed by atoms with Crippen LogP contribution < -0.4 is 4.74 Å². The number of hydrogen-bond acceptors (Lipinski definition) is 3. The Labute approximate surface area is 202 Å². The summed E-state index contributed by atoms with van der Waals surface area (Å²) < 4.78 is 12.1. The van der Waals surface area contributed by atoms with Gasteiger partial charge in [0, 0.05) is 40.7 Å². The van der Waals surface area contributed by atoms with Crippen LogP contribution in [0.4, 0.5) is 0 Å². The van der Waals surface area contributed by atoms with Crippen LogP contribution in [0.2, 0.25) is 0 Å². The van der Waals surface area contributed by atoms with Gasteiger partial charge in [-0.2, -0.15) is 0 Å². The van der Waals surface area contributed by atoms with Gasteiger partial charge < -0.3 is 14.1 Å². The highest BCUT2D eigenvalue weighted by Gasteiger charge is 2.35. The molecule has 2 heterocycles. The Morgan fingerprint density at radius 2 is 1.91 bits per heavy atom. The maximum atomic E-state index is 13.5. The van der Waals surface area contributed by atoms with Crippen LogP contribution in [0, 0.1) is 12.8 Å². The monoisotopic (exact) mass is 457 g/mol. The fourth-order valence-corrected chi connectivity index (χ4v) is 6.02. The van der Waals surface area contributed by atoms with E-state index in [1.54, 1.807) is 0 Å². The number of amides is 1. The standard InChI is InChI=1S/C30H35NO3/c1-4-33-29-21(3)30-25(26(19-34-30)22-11-6-5-7-12-22)18-24(29)20(2)17-28(32)31-16-10-14-23-13-8-9-15-27(23)31/h5-7,11-12,17-19,23,27H,4,8-10,13-16H2,1-3H3/b20-17+. The summed E-state index contributed by atoms with van der Waals surface area (Å²) in [6.45, 7) is 7.50. The molecule has 1 amide bonds. The lowest BCUT2D eigenvalue weighted by Crippen LogP contribution is -2.49. The van der Waals surface area contributed by atoms with Crippen LogP contribution in [0.5, 0.6) is 5.75 Å². The largest absolute Gasteiger partial charge is 0.493 e. The Balaban J connectivity index is 1.55. The van der Waals surface area contributed by atoms with Gasteiger partial charge in [0.1, 0.15) is 11.3 Å². The molecule has 0 bridgehead atoms. The molecule has 4 heteroatoms. The highest BCUT2D eigenvalue weighted by atomic mass is 16.5. The van der Waals surface area contributed by atoms with Crippen molar-refractivity contribution in [1.29, 1.82) is 0 Å². The smallest absolute Gasteiger partial charge is 0.247 e. The van der Waals surface area contributed by atoms with E-state index in [9.17, 15) is 4.79 Å². The van der Waals surface area contributed by atoms with E-state index in [0.29, 0.717) is 18.6 Å². The topological polar surface area (TPSA) is 42.7 Å². The number of piperidine rings is 1. The van der Waals surface area contributed by atoms with Crippen molar-refractivity contribution < 1.29 is 13.9 Å². The van der Waals surface area contributed by atoms with Gasteiger partial charge in [-0.3, -0.25) is 4.79 Å². The van der Waals surface area contributed by atoms with Gasteiger partial charge in [0.05, 0.1) is 12.9 Å². The SMILES string of the molecule is CCOc1c(/C(C)=C/C(=O)N2CCCC3CCCCC32)cc2c(-c3ccccc3)coc2c1C. The van der Waals surface area contributed by atoms with Gasteiger partial charge in [-0.25, -0.2) is 0 Å². The number of allylic oxidation sites excluding steroid dienone is 1. The van der Waals surface area contributed by atoms with Gasteiger partial charge >= 0.3 is 0 Å². The van der Waals surface area contributed by atoms with Crippen LogP contribution in [-0.4, -0.2) is 30.0 Å². The third-order valence-electron chi connectivity index (χ3n) is 7.71. The summed E-state index contributed by atoms with van der Waals surface area (Å²) in [5, 5.41) is 1.05. The molecule has 3 aromatic rings. The predicted molar refractivity (Wildman–Crippen MR) is 138 cm³/mol. The first kappa shape index (κ1) is 22.8. The Morgan fingerprint density at radius 1 is 1.15 bits per heavy atom. The summed E-state index contributed by atoms with van der Waals surface area (Å²) >= 11 is 0. The number of benzene rings is 2. The molecule has 1 aliphatic heterocycles. The summed E-state index contributed by atoms with van der Waals surface area (Å²) in [4.78, 5) is 15.6. The van der Waals surface area contributed by atoms with E-state index < -0.39 is 0 Å². The van der Waals surface area contributed by atoms with Gasteiger partial charge in [0.25, 0.3) is 0 Å². The number of hydrogen-bond donors (Lipinski definition) is 0. The molecule has 2 atom stereocenters. The van der Waals surface area contributed by atoms with Crippen molar-refractivity contribution in [2.24, 2.45) is 5.92 Å². The van der Waals surface area contributed by atoms with Crippen LogP contribution in [0.25, 0.3) is 27.7 Å². The molecule has 178 valence electrons. The number of fused-ring (bicyclic) bond motifs is 2. The van der Waals surface area contributed by atoms with E-state index >= 15 is 0 Å². The average molecular weight is 458 g/mol. The van der Waals surface area contributed by atoms with Crippen LogP contribution in [0.3, 0.4) is 0 Å². The zero-order valence-corrected chi connectivity index (χ0v) is 20.6. The molecule has 1 saturated heterocycles. The number of furan rings is 1. The van der Waals surface area contributed by atoms with Crippen molar-refractivity contribution in [3.8, 4) is 16.9 Å². The normalized spacial score (nSPS) is 20.9. The van der Waals surface area contributed by atoms with Gasteiger partial charge in [-0.05, 0) is 69.6 Å². The maximum absolute atomic E-state index is 13.5. The summed E-state index contributed by atoms with van der Waals surface area (Å²) in [7, 11) is 0. The lowest BCUT2D eigenvalue weighted by molar-refractivity contribution is -0.132. The zero-order chi connectivity index (χ0) is 23.7. The lowest BCUT2D eigenvalue weighted by atomic mass is 9.78. The van der Waals surface area contributed by atoms with Gasteiger partial charge in [0.2, 0.25) is 5.91 Å². The molecule has 34 heavy (non-hydrogen) atoms. The first-order valence-electron chi connectivity index (χ1n) is 12.8. The van der Waals surface area contributed by atoms with E-state index in [4.69, 9.17) is 9.15 Å². The van der Waals surface area contributed by atoms with Crippen molar-refractivity contribution in [2.75, 3.05) is 13.2 Å². The number of carbonyl (C=O) groups is 1. The Kier molecular flexibility index (Phi) is 6.49. The van der Waals surface area contributed by atoms with Crippen molar-refractivity contribution in [3.05, 3.63) is 59.9 Å². The molecule has 1 saturated carbocycles. The number of carbonyl (C=O) groups excluding carboxylic acids is 1. The molecule has 4 nitrogen and oxygen atoms in total. The predicted octanol–water partition coefficient (Wildman–Crippen LogP) is 7.39. The highest BCUT2D eigenvalue weighted by molar-refractivity contribution is 6.01. The quantitative estimate of drug-likeness (QED) is 0.375. The fraction of sp³-hybridized carbons (Fsp3) is 0.433. The summed E-state index contributed by atoms with van der Waals surface area (Å²) in [5.41, 5.74) is 5.90. The number of likely N-dealkylation sites (tertiary alicyclic amines) is 1. The fourth-order valence-electron chi connectivity index (χ4n) is 6.02. The van der Waals surface area contributed by atoms with Crippen molar-refractivity contribution >= 4 is 22.4 Å². The first-order valence-corrected chi connectivity index (χ1v) is 12.8. The van der Waals surface area contributed by atoms with E-state index in [1.807, 2.05) is 51.3 Å². The van der Waals surface area contributed by atoms with E-state index in [0.717, 1.165) is 63.9 Å². The Hall–Kier alpha value is -3.01. The van der Waals surface area contributed by atoms with Crippen LogP contribution in [0.15, 0.2) is 53.2 Å². The minimum Gasteiger partial charge on any atom is -0.493 e. The third kappa shape index (κ3) is 4.15. The average Bonchev–Trinajstić information content (AvgIpc) is 3.30. The Morgan fingerprint density at radius 3 is 2.71 bits per heavy atom. The van der Waals surface area contributed by atoms with Gasteiger partial charge in [-0.15, -0.1) is 0 Å². The summed E-state index contributed by atoms with van der Waals surface area (Å²) in [6.07, 6.45) is 11.0. The molecule has 0 N–H and O–H groups in total. The van der Waals surface area contributed by atoms with E-state index in [1.165, 1.54) is 25.7 Å². The zero-order valence-electron chi connectivity index (χ0n) is 20.6. The molecule has 2 aliphatic rings. The van der Waals surface area contributed by atoms with Crippen molar-refractivity contribution in [2.45, 2.75) is 65.3 Å². The second kappa shape index (κ2) is 9.69. The summed E-state index contributed by atoms with van der Waals surface area (Å²) in [5.74, 6) is 1.63. The summed E-state index contributed by atoms with van der Waals surface area (Å²) in [6, 6.07) is 12.8. The molecular weight excluding hydrogens is 422 g/mol. The third-order valence-corrected chi connectivity index (χ3v) is 7.71. The molecule has 0 radical (unpaired) electrons. The van der Waals surface area contributed by atoms with Crippen LogP contribution in [0.1, 0.15) is 63.5 Å². The number of rotatable bonds is 5. The Bertz CT molecular complexity index is 1200. The second-order valence-corrected chi connectivity index (χ2v) is 9.82. The van der Waals surface area contributed by atoms with Crippen LogP contribution >= 0.6 is 0 Å². The number of nitrogens with zero attached hydrogens (tertiary/aromatic N) is 1. The molecule has 0 spiro atoms. The maximum Gasteiger partial charge on any atom is 0.247 e. The number of aryl methyl sites for hydroxylation is 1. The van der Waals surface area contributed by atoms with Crippen molar-refractivity contribution in [3.63, 3.8) is 0 Å². The van der Waals surface area contributed by atoms with Gasteiger partial charge in [-0.1, -0.05) is 43.2 Å². The molecule has 1 aliphatic carbocycles. The molecule has 1 aromatic heterocycles. The molecule has 5 rings (SSSR count). The lowest BCUT2D eigenvalue weighted by Gasteiger charge is -2.43. The van der Waals surface area contributed by atoms with E-state index in [-0.39, 0.29) is 5.91 Å². The second-order valence-electron chi connectivity index (χ2n) is 9.82.